The van der Waals surface area contributed by atoms with Crippen molar-refractivity contribution < 1.29 is 37.3 Å². The Morgan fingerprint density at radius 3 is 2.29 bits per heavy atom. The Balaban J connectivity index is 2.40. The second kappa shape index (κ2) is 10.0. The zero-order chi connectivity index (χ0) is 25.9. The molecule has 1 heterocycles. The molecule has 0 saturated carbocycles. The van der Waals surface area contributed by atoms with Gasteiger partial charge in [0.1, 0.15) is 17.3 Å². The first-order valence-corrected chi connectivity index (χ1v) is 10.6. The highest BCUT2D eigenvalue weighted by Gasteiger charge is 2.43. The minimum Gasteiger partial charge on any atom is -0.506 e. The third-order valence-electron chi connectivity index (χ3n) is 5.03. The number of hydrogen-bond acceptors (Lipinski definition) is 9. The number of phenolic OH excluding ortho intramolecular Hbond substituents is 1. The minimum absolute atomic E-state index is 0.197. The monoisotopic (exact) mass is 505 g/mol. The zero-order valence-corrected chi connectivity index (χ0v) is 19.1. The molecule has 2 aromatic rings. The Morgan fingerprint density at radius 2 is 1.74 bits per heavy atom. The lowest BCUT2D eigenvalue weighted by Crippen LogP contribution is -2.40. The number of carbonyl (C=O) groups is 2. The van der Waals surface area contributed by atoms with Crippen molar-refractivity contribution in [2.45, 2.75) is 16.3 Å². The van der Waals surface area contributed by atoms with Crippen molar-refractivity contribution in [3.8, 4) is 11.8 Å². The number of anilines is 1. The lowest BCUT2D eigenvalue weighted by Gasteiger charge is -2.36. The first-order chi connectivity index (χ1) is 16.5. The van der Waals surface area contributed by atoms with Crippen LogP contribution in [0, 0.1) is 11.3 Å². The summed E-state index contributed by atoms with van der Waals surface area (Å²) in [4.78, 5) is 26.4. The van der Waals surface area contributed by atoms with Crippen LogP contribution in [0.15, 0.2) is 76.1 Å². The second-order valence-electron chi connectivity index (χ2n) is 7.03. The summed E-state index contributed by atoms with van der Waals surface area (Å²) in [5, 5.41) is 20.5. The van der Waals surface area contributed by atoms with Crippen LogP contribution >= 0.6 is 11.8 Å². The normalized spacial score (nSPS) is 16.1. The maximum Gasteiger partial charge on any atom is 0.446 e. The van der Waals surface area contributed by atoms with Gasteiger partial charge in [-0.05, 0) is 35.5 Å². The third-order valence-corrected chi connectivity index (χ3v) is 5.75. The molecule has 1 unspecified atom stereocenters. The van der Waals surface area contributed by atoms with E-state index in [1.54, 1.807) is 30.3 Å². The molecular weight excluding hydrogens is 487 g/mol. The van der Waals surface area contributed by atoms with Crippen molar-refractivity contribution in [1.82, 2.24) is 0 Å². The van der Waals surface area contributed by atoms with Crippen LogP contribution in [0.3, 0.4) is 0 Å². The minimum atomic E-state index is -4.65. The number of hydrogen-bond donors (Lipinski definition) is 2. The molecule has 0 aromatic heterocycles. The molecule has 1 aliphatic rings. The summed E-state index contributed by atoms with van der Waals surface area (Å²) in [6, 6.07) is 13.0. The molecule has 12 heteroatoms. The van der Waals surface area contributed by atoms with Crippen molar-refractivity contribution in [3.05, 3.63) is 76.8 Å². The molecular formula is C23H18F3N3O5S. The standard InChI is InChI=1S/C23H18F3N3O5S/c1-33-21(31)18-17(12-6-4-3-5-7-12)14(11-27)20(28)29(19(18)22(32)34-2)15-10-13(8-9-16(15)30)35-23(24,25)26/h3-10,17,30H,28H2,1-2H3. The van der Waals surface area contributed by atoms with Gasteiger partial charge in [-0.1, -0.05) is 30.3 Å². The first kappa shape index (κ1) is 25.5. The van der Waals surface area contributed by atoms with Crippen molar-refractivity contribution in [1.29, 1.82) is 5.26 Å². The number of nitrogens with two attached hydrogens (primary N) is 1. The van der Waals surface area contributed by atoms with Gasteiger partial charge in [0.25, 0.3) is 0 Å². The largest absolute Gasteiger partial charge is 0.506 e. The number of phenols is 1. The van der Waals surface area contributed by atoms with E-state index in [1.807, 2.05) is 6.07 Å². The predicted molar refractivity (Wildman–Crippen MR) is 120 cm³/mol. The molecule has 0 radical (unpaired) electrons. The number of carbonyl (C=O) groups excluding carboxylic acids is 2. The van der Waals surface area contributed by atoms with Crippen LogP contribution in [-0.4, -0.2) is 36.8 Å². The van der Waals surface area contributed by atoms with E-state index in [0.29, 0.717) is 5.56 Å². The van der Waals surface area contributed by atoms with Gasteiger partial charge in [-0.25, -0.2) is 9.59 Å². The number of allylic oxidation sites excluding steroid dienone is 1. The maximum atomic E-state index is 13.0. The Hall–Kier alpha value is -4.11. The molecule has 1 atom stereocenters. The number of nitriles is 1. The number of rotatable bonds is 5. The lowest BCUT2D eigenvalue weighted by molar-refractivity contribution is -0.139. The van der Waals surface area contributed by atoms with Gasteiger partial charge >= 0.3 is 17.4 Å². The van der Waals surface area contributed by atoms with Crippen LogP contribution in [-0.2, 0) is 19.1 Å². The molecule has 0 saturated heterocycles. The average Bonchev–Trinajstić information content (AvgIpc) is 2.83. The summed E-state index contributed by atoms with van der Waals surface area (Å²) in [6.45, 7) is 0. The van der Waals surface area contributed by atoms with E-state index >= 15 is 0 Å². The van der Waals surface area contributed by atoms with Crippen molar-refractivity contribution in [2.75, 3.05) is 19.1 Å². The number of thioether (sulfide) groups is 1. The molecule has 1 aliphatic heterocycles. The summed E-state index contributed by atoms with van der Waals surface area (Å²) in [6.07, 6.45) is 0. The predicted octanol–water partition coefficient (Wildman–Crippen LogP) is 3.90. The number of ether oxygens (including phenoxy) is 2. The Labute approximate surface area is 202 Å². The summed E-state index contributed by atoms with van der Waals surface area (Å²) >= 11 is -0.464. The van der Waals surface area contributed by atoms with Gasteiger partial charge in [0.15, 0.2) is 0 Å². The van der Waals surface area contributed by atoms with E-state index in [4.69, 9.17) is 15.2 Å². The fourth-order valence-corrected chi connectivity index (χ4v) is 4.22. The SMILES string of the molecule is COC(=O)C1=C(C(=O)OC)N(c2cc(SC(F)(F)F)ccc2O)C(N)=C(C#N)C1c1ccccc1. The molecule has 182 valence electrons. The highest BCUT2D eigenvalue weighted by atomic mass is 32.2. The van der Waals surface area contributed by atoms with Gasteiger partial charge in [-0.15, -0.1) is 0 Å². The number of alkyl halides is 3. The molecule has 0 amide bonds. The lowest BCUT2D eigenvalue weighted by atomic mass is 9.81. The van der Waals surface area contributed by atoms with E-state index in [9.17, 15) is 33.1 Å². The molecule has 0 spiro atoms. The van der Waals surface area contributed by atoms with E-state index in [1.165, 1.54) is 0 Å². The van der Waals surface area contributed by atoms with E-state index in [0.717, 1.165) is 37.3 Å². The van der Waals surface area contributed by atoms with Gasteiger partial charge in [0.2, 0.25) is 0 Å². The van der Waals surface area contributed by atoms with Crippen LogP contribution in [0.25, 0.3) is 0 Å². The topological polar surface area (TPSA) is 126 Å². The van der Waals surface area contributed by atoms with Crippen molar-refractivity contribution in [3.63, 3.8) is 0 Å². The summed E-state index contributed by atoms with van der Waals surface area (Å²) < 4.78 is 48.7. The fraction of sp³-hybridized carbons (Fsp3) is 0.174. The summed E-state index contributed by atoms with van der Waals surface area (Å²) in [5.41, 5.74) is 0.608. The summed E-state index contributed by atoms with van der Waals surface area (Å²) in [7, 11) is 2.08. The van der Waals surface area contributed by atoms with Crippen molar-refractivity contribution in [2.24, 2.45) is 5.73 Å². The Kier molecular flexibility index (Phi) is 7.31. The number of esters is 2. The molecule has 3 N–H and O–H groups in total. The number of halogens is 3. The molecule has 2 aromatic carbocycles. The third kappa shape index (κ3) is 5.04. The van der Waals surface area contributed by atoms with Crippen LogP contribution in [0.4, 0.5) is 18.9 Å². The maximum absolute atomic E-state index is 13.0. The van der Waals surface area contributed by atoms with Crippen LogP contribution in [0.2, 0.25) is 0 Å². The van der Waals surface area contributed by atoms with E-state index in [-0.39, 0.29) is 27.6 Å². The molecule has 0 aliphatic carbocycles. The van der Waals surface area contributed by atoms with Crippen molar-refractivity contribution >= 4 is 29.4 Å². The van der Waals surface area contributed by atoms with Gasteiger partial charge < -0.3 is 20.3 Å². The smallest absolute Gasteiger partial charge is 0.446 e. The average molecular weight is 505 g/mol. The molecule has 0 fully saturated rings. The van der Waals surface area contributed by atoms with E-state index < -0.39 is 46.6 Å². The molecule has 35 heavy (non-hydrogen) atoms. The van der Waals surface area contributed by atoms with Gasteiger partial charge in [-0.3, -0.25) is 4.90 Å². The molecule has 8 nitrogen and oxygen atoms in total. The quantitative estimate of drug-likeness (QED) is 0.460. The highest BCUT2D eigenvalue weighted by molar-refractivity contribution is 8.00. The number of methoxy groups -OCH3 is 2. The van der Waals surface area contributed by atoms with Gasteiger partial charge in [0.05, 0.1) is 43.0 Å². The van der Waals surface area contributed by atoms with Crippen LogP contribution in [0.1, 0.15) is 11.5 Å². The summed E-state index contributed by atoms with van der Waals surface area (Å²) in [5.74, 6) is -4.22. The highest BCUT2D eigenvalue weighted by Crippen LogP contribution is 2.47. The first-order valence-electron chi connectivity index (χ1n) is 9.78. The fourth-order valence-electron chi connectivity index (χ4n) is 3.64. The molecule has 0 bridgehead atoms. The number of benzene rings is 2. The second-order valence-corrected chi connectivity index (χ2v) is 8.17. The zero-order valence-electron chi connectivity index (χ0n) is 18.3. The van der Waals surface area contributed by atoms with Gasteiger partial charge in [0, 0.05) is 4.90 Å². The molecule has 3 rings (SSSR count). The Bertz CT molecular complexity index is 1270. The number of aromatic hydroxyl groups is 1. The van der Waals surface area contributed by atoms with E-state index in [2.05, 4.69) is 0 Å². The van der Waals surface area contributed by atoms with Crippen LogP contribution in [0.5, 0.6) is 5.75 Å². The van der Waals surface area contributed by atoms with Gasteiger partial charge in [-0.2, -0.15) is 18.4 Å². The van der Waals surface area contributed by atoms with Crippen LogP contribution < -0.4 is 10.6 Å². The Morgan fingerprint density at radius 1 is 1.11 bits per heavy atom. The number of nitrogens with zero attached hydrogens (tertiary/aromatic N) is 2.